The molecule has 0 fully saturated rings. The van der Waals surface area contributed by atoms with Crippen molar-refractivity contribution in [2.45, 2.75) is 45.7 Å². The summed E-state index contributed by atoms with van der Waals surface area (Å²) in [5, 5.41) is 0. The zero-order valence-corrected chi connectivity index (χ0v) is 13.4. The van der Waals surface area contributed by atoms with Crippen LogP contribution in [0.1, 0.15) is 38.3 Å². The van der Waals surface area contributed by atoms with E-state index in [0.29, 0.717) is 0 Å². The maximum Gasteiger partial charge on any atom is 0.0271 e. The second-order valence-corrected chi connectivity index (χ2v) is 6.54. The molecule has 0 unspecified atom stereocenters. The van der Waals surface area contributed by atoms with E-state index < -0.39 is 0 Å². The van der Waals surface area contributed by atoms with E-state index in [4.69, 9.17) is 0 Å². The van der Waals surface area contributed by atoms with Crippen molar-refractivity contribution in [3.63, 3.8) is 0 Å². The van der Waals surface area contributed by atoms with Crippen LogP contribution in [0.4, 0.5) is 0 Å². The predicted molar refractivity (Wildman–Crippen MR) is 89.2 cm³/mol. The molecule has 21 heavy (non-hydrogen) atoms. The SMILES string of the molecule is CC(C)(C)N(CCCc1ccccc1)Cc1ccncc1. The summed E-state index contributed by atoms with van der Waals surface area (Å²) in [6, 6.07) is 15.0. The van der Waals surface area contributed by atoms with Crippen molar-refractivity contribution in [3.05, 3.63) is 66.0 Å². The Kier molecular flexibility index (Phi) is 5.51. The third-order valence-electron chi connectivity index (χ3n) is 3.81. The molecule has 0 radical (unpaired) electrons. The third kappa shape index (κ3) is 5.31. The number of rotatable bonds is 6. The Morgan fingerprint density at radius 3 is 2.19 bits per heavy atom. The molecule has 0 atom stereocenters. The van der Waals surface area contributed by atoms with E-state index in [1.54, 1.807) is 0 Å². The maximum absolute atomic E-state index is 4.10. The Morgan fingerprint density at radius 2 is 1.57 bits per heavy atom. The fraction of sp³-hybridized carbons (Fsp3) is 0.421. The van der Waals surface area contributed by atoms with Crippen LogP contribution in [0, 0.1) is 0 Å². The van der Waals surface area contributed by atoms with Crippen LogP contribution in [0.3, 0.4) is 0 Å². The van der Waals surface area contributed by atoms with Gasteiger partial charge in [-0.15, -0.1) is 0 Å². The van der Waals surface area contributed by atoms with Gasteiger partial charge in [-0.25, -0.2) is 0 Å². The lowest BCUT2D eigenvalue weighted by atomic mass is 10.0. The summed E-state index contributed by atoms with van der Waals surface area (Å²) in [4.78, 5) is 6.65. The van der Waals surface area contributed by atoms with Crippen molar-refractivity contribution in [3.8, 4) is 0 Å². The minimum Gasteiger partial charge on any atom is -0.294 e. The van der Waals surface area contributed by atoms with Crippen LogP contribution < -0.4 is 0 Å². The van der Waals surface area contributed by atoms with Gasteiger partial charge in [0.1, 0.15) is 0 Å². The normalized spacial score (nSPS) is 11.8. The molecule has 2 aromatic rings. The molecule has 2 heteroatoms. The molecule has 0 saturated heterocycles. The van der Waals surface area contributed by atoms with Crippen LogP contribution in [0.5, 0.6) is 0 Å². The fourth-order valence-corrected chi connectivity index (χ4v) is 2.48. The van der Waals surface area contributed by atoms with Crippen LogP contribution in [0.15, 0.2) is 54.9 Å². The van der Waals surface area contributed by atoms with Crippen LogP contribution in [-0.2, 0) is 13.0 Å². The number of hydrogen-bond acceptors (Lipinski definition) is 2. The van der Waals surface area contributed by atoms with Gasteiger partial charge in [0.25, 0.3) is 0 Å². The monoisotopic (exact) mass is 282 g/mol. The summed E-state index contributed by atoms with van der Waals surface area (Å²) >= 11 is 0. The first-order chi connectivity index (χ1) is 10.1. The van der Waals surface area contributed by atoms with Crippen molar-refractivity contribution in [2.75, 3.05) is 6.54 Å². The molecule has 1 aromatic carbocycles. The van der Waals surface area contributed by atoms with E-state index in [-0.39, 0.29) is 5.54 Å². The molecule has 1 aromatic heterocycles. The Balaban J connectivity index is 1.91. The molecular formula is C19H26N2. The van der Waals surface area contributed by atoms with E-state index in [1.165, 1.54) is 17.5 Å². The molecule has 0 spiro atoms. The smallest absolute Gasteiger partial charge is 0.0271 e. The van der Waals surface area contributed by atoms with E-state index in [2.05, 4.69) is 73.1 Å². The fourth-order valence-electron chi connectivity index (χ4n) is 2.48. The standard InChI is InChI=1S/C19H26N2/c1-19(2,3)21(16-18-11-13-20-14-12-18)15-7-10-17-8-5-4-6-9-17/h4-6,8-9,11-14H,7,10,15-16H2,1-3H3. The molecule has 0 N–H and O–H groups in total. The quantitative estimate of drug-likeness (QED) is 0.784. The highest BCUT2D eigenvalue weighted by Crippen LogP contribution is 2.18. The number of aromatic nitrogens is 1. The topological polar surface area (TPSA) is 16.1 Å². The van der Waals surface area contributed by atoms with E-state index >= 15 is 0 Å². The molecule has 0 aliphatic heterocycles. The van der Waals surface area contributed by atoms with E-state index in [9.17, 15) is 0 Å². The van der Waals surface area contributed by atoms with Crippen LogP contribution in [0.2, 0.25) is 0 Å². The van der Waals surface area contributed by atoms with Crippen molar-refractivity contribution < 1.29 is 0 Å². The lowest BCUT2D eigenvalue weighted by Crippen LogP contribution is -2.41. The molecule has 0 amide bonds. The minimum atomic E-state index is 0.181. The molecule has 0 aliphatic carbocycles. The summed E-state index contributed by atoms with van der Waals surface area (Å²) < 4.78 is 0. The van der Waals surface area contributed by atoms with Crippen LogP contribution in [-0.4, -0.2) is 22.0 Å². The van der Waals surface area contributed by atoms with E-state index in [0.717, 1.165) is 19.5 Å². The highest BCUT2D eigenvalue weighted by atomic mass is 15.2. The Morgan fingerprint density at radius 1 is 0.905 bits per heavy atom. The first-order valence-electron chi connectivity index (χ1n) is 7.73. The number of aryl methyl sites for hydroxylation is 1. The maximum atomic E-state index is 4.10. The molecule has 2 rings (SSSR count). The number of pyridine rings is 1. The average Bonchev–Trinajstić information content (AvgIpc) is 2.47. The Bertz CT molecular complexity index is 514. The zero-order chi connectivity index (χ0) is 15.1. The molecule has 0 bridgehead atoms. The van der Waals surface area contributed by atoms with Gasteiger partial charge in [0.15, 0.2) is 0 Å². The summed E-state index contributed by atoms with van der Waals surface area (Å²) in [6.45, 7) is 8.96. The van der Waals surface area contributed by atoms with Crippen molar-refractivity contribution in [1.29, 1.82) is 0 Å². The third-order valence-corrected chi connectivity index (χ3v) is 3.81. The Hall–Kier alpha value is -1.67. The van der Waals surface area contributed by atoms with Gasteiger partial charge in [-0.1, -0.05) is 30.3 Å². The van der Waals surface area contributed by atoms with Gasteiger partial charge in [0.2, 0.25) is 0 Å². The van der Waals surface area contributed by atoms with Gasteiger partial charge in [-0.2, -0.15) is 0 Å². The second kappa shape index (κ2) is 7.37. The number of benzene rings is 1. The summed E-state index contributed by atoms with van der Waals surface area (Å²) in [6.07, 6.45) is 6.08. The molecule has 112 valence electrons. The molecule has 0 saturated carbocycles. The molecule has 1 heterocycles. The van der Waals surface area contributed by atoms with Crippen LogP contribution in [0.25, 0.3) is 0 Å². The zero-order valence-electron chi connectivity index (χ0n) is 13.4. The van der Waals surface area contributed by atoms with Gasteiger partial charge < -0.3 is 0 Å². The van der Waals surface area contributed by atoms with Crippen LogP contribution >= 0.6 is 0 Å². The minimum absolute atomic E-state index is 0.181. The second-order valence-electron chi connectivity index (χ2n) is 6.54. The molecule has 0 aliphatic rings. The van der Waals surface area contributed by atoms with E-state index in [1.807, 2.05) is 12.4 Å². The van der Waals surface area contributed by atoms with Gasteiger partial charge in [0.05, 0.1) is 0 Å². The number of nitrogens with zero attached hydrogens (tertiary/aromatic N) is 2. The Labute approximate surface area is 128 Å². The lowest BCUT2D eigenvalue weighted by molar-refractivity contribution is 0.126. The summed E-state index contributed by atoms with van der Waals surface area (Å²) in [5.41, 5.74) is 2.94. The molecule has 2 nitrogen and oxygen atoms in total. The van der Waals surface area contributed by atoms with Crippen molar-refractivity contribution >= 4 is 0 Å². The summed E-state index contributed by atoms with van der Waals surface area (Å²) in [7, 11) is 0. The van der Waals surface area contributed by atoms with Gasteiger partial charge in [-0.05, 0) is 63.4 Å². The largest absolute Gasteiger partial charge is 0.294 e. The van der Waals surface area contributed by atoms with Gasteiger partial charge in [-0.3, -0.25) is 9.88 Å². The van der Waals surface area contributed by atoms with Gasteiger partial charge in [0, 0.05) is 24.5 Å². The highest BCUT2D eigenvalue weighted by molar-refractivity contribution is 5.14. The first-order valence-corrected chi connectivity index (χ1v) is 7.73. The first kappa shape index (κ1) is 15.7. The number of hydrogen-bond donors (Lipinski definition) is 0. The lowest BCUT2D eigenvalue weighted by Gasteiger charge is -2.35. The van der Waals surface area contributed by atoms with Gasteiger partial charge >= 0.3 is 0 Å². The summed E-state index contributed by atoms with van der Waals surface area (Å²) in [5.74, 6) is 0. The van der Waals surface area contributed by atoms with Crippen molar-refractivity contribution in [1.82, 2.24) is 9.88 Å². The predicted octanol–water partition coefficient (Wildman–Crippen LogP) is 4.31. The molecular weight excluding hydrogens is 256 g/mol. The van der Waals surface area contributed by atoms with Crippen molar-refractivity contribution in [2.24, 2.45) is 0 Å². The highest BCUT2D eigenvalue weighted by Gasteiger charge is 2.20. The average molecular weight is 282 g/mol.